The molecule has 5 heterocycles. The number of aromatic nitrogens is 6. The molecule has 0 aliphatic carbocycles. The van der Waals surface area contributed by atoms with Gasteiger partial charge in [0.1, 0.15) is 12.1 Å². The molecular formula is C20H19N9O2. The molecule has 11 nitrogen and oxygen atoms in total. The monoisotopic (exact) mass is 417 g/mol. The van der Waals surface area contributed by atoms with Crippen LogP contribution in [-0.2, 0) is 0 Å². The number of nitrogen functional groups attached to an aromatic ring is 1. The average molecular weight is 417 g/mol. The van der Waals surface area contributed by atoms with Crippen LogP contribution in [0.1, 0.15) is 10.4 Å². The first kappa shape index (κ1) is 18.7. The number of rotatable bonds is 4. The summed E-state index contributed by atoms with van der Waals surface area (Å²) >= 11 is 0. The van der Waals surface area contributed by atoms with Gasteiger partial charge >= 0.3 is 5.97 Å². The number of imidazole rings is 1. The van der Waals surface area contributed by atoms with E-state index in [1.165, 1.54) is 6.20 Å². The smallest absolute Gasteiger partial charge is 0.337 e. The van der Waals surface area contributed by atoms with Crippen LogP contribution in [0, 0.1) is 0 Å². The van der Waals surface area contributed by atoms with Crippen molar-refractivity contribution in [1.29, 1.82) is 0 Å². The Bertz CT molecular complexity index is 1230. The number of carboxylic acids is 1. The van der Waals surface area contributed by atoms with Crippen LogP contribution < -0.4 is 15.5 Å². The fourth-order valence-electron chi connectivity index (χ4n) is 3.58. The molecule has 0 amide bonds. The number of nitrogens with zero attached hydrogens (tertiary/aromatic N) is 8. The number of pyridine rings is 2. The first-order valence-electron chi connectivity index (χ1n) is 9.70. The Morgan fingerprint density at radius 1 is 0.968 bits per heavy atom. The van der Waals surface area contributed by atoms with Crippen molar-refractivity contribution in [3.05, 3.63) is 54.7 Å². The molecule has 0 spiro atoms. The first-order chi connectivity index (χ1) is 15.1. The first-order valence-corrected chi connectivity index (χ1v) is 9.70. The van der Waals surface area contributed by atoms with Crippen LogP contribution in [0.25, 0.3) is 16.9 Å². The second-order valence-corrected chi connectivity index (χ2v) is 7.09. The molecule has 1 saturated heterocycles. The fraction of sp³-hybridized carbons (Fsp3) is 0.200. The van der Waals surface area contributed by atoms with Crippen molar-refractivity contribution >= 4 is 34.7 Å². The van der Waals surface area contributed by atoms with E-state index in [0.29, 0.717) is 49.1 Å². The van der Waals surface area contributed by atoms with Crippen molar-refractivity contribution in [2.45, 2.75) is 0 Å². The van der Waals surface area contributed by atoms with E-state index in [0.717, 1.165) is 11.5 Å². The minimum atomic E-state index is -0.986. The van der Waals surface area contributed by atoms with Crippen LogP contribution in [0.3, 0.4) is 0 Å². The summed E-state index contributed by atoms with van der Waals surface area (Å²) in [5.74, 6) is 0.645. The average Bonchev–Trinajstić information content (AvgIpc) is 3.24. The summed E-state index contributed by atoms with van der Waals surface area (Å²) in [7, 11) is 0. The van der Waals surface area contributed by atoms with E-state index in [-0.39, 0.29) is 5.56 Å². The fourth-order valence-corrected chi connectivity index (χ4v) is 3.58. The molecule has 156 valence electrons. The van der Waals surface area contributed by atoms with Gasteiger partial charge in [-0.05, 0) is 24.3 Å². The van der Waals surface area contributed by atoms with Crippen LogP contribution in [0.4, 0.5) is 17.6 Å². The molecule has 0 aromatic carbocycles. The van der Waals surface area contributed by atoms with Gasteiger partial charge in [-0.25, -0.2) is 14.8 Å². The Labute approximate surface area is 176 Å². The quantitative estimate of drug-likeness (QED) is 0.498. The lowest BCUT2D eigenvalue weighted by Gasteiger charge is -2.35. The molecule has 4 aromatic rings. The van der Waals surface area contributed by atoms with Gasteiger partial charge in [-0.3, -0.25) is 9.55 Å². The van der Waals surface area contributed by atoms with Gasteiger partial charge in [0.15, 0.2) is 17.0 Å². The number of aromatic carboxylic acids is 1. The van der Waals surface area contributed by atoms with Crippen molar-refractivity contribution in [3.8, 4) is 5.69 Å². The lowest BCUT2D eigenvalue weighted by atomic mass is 10.2. The maximum absolute atomic E-state index is 11.0. The highest BCUT2D eigenvalue weighted by Crippen LogP contribution is 2.24. The van der Waals surface area contributed by atoms with Crippen LogP contribution in [0.5, 0.6) is 0 Å². The molecule has 31 heavy (non-hydrogen) atoms. The van der Waals surface area contributed by atoms with E-state index in [1.807, 2.05) is 16.7 Å². The second-order valence-electron chi connectivity index (χ2n) is 7.09. The molecular weight excluding hydrogens is 398 g/mol. The number of nitrogens with two attached hydrogens (primary N) is 1. The van der Waals surface area contributed by atoms with E-state index >= 15 is 0 Å². The van der Waals surface area contributed by atoms with Gasteiger partial charge in [-0.2, -0.15) is 9.97 Å². The summed E-state index contributed by atoms with van der Waals surface area (Å²) in [6.45, 7) is 2.75. The van der Waals surface area contributed by atoms with Gasteiger partial charge in [0.05, 0.1) is 11.3 Å². The van der Waals surface area contributed by atoms with Gasteiger partial charge in [-0.1, -0.05) is 0 Å². The Balaban J connectivity index is 1.37. The number of hydrogen-bond acceptors (Lipinski definition) is 9. The SMILES string of the molecule is Nc1nc(N2CCN(c3ccc(C(=O)O)cn3)CC2)nc2c1ncn2-c1ccncc1. The van der Waals surface area contributed by atoms with Crippen molar-refractivity contribution < 1.29 is 9.90 Å². The summed E-state index contributed by atoms with van der Waals surface area (Å²) in [6, 6.07) is 7.04. The topological polar surface area (TPSA) is 139 Å². The Morgan fingerprint density at radius 2 is 1.71 bits per heavy atom. The zero-order valence-electron chi connectivity index (χ0n) is 16.5. The molecule has 0 saturated carbocycles. The molecule has 0 bridgehead atoms. The van der Waals surface area contributed by atoms with Crippen LogP contribution in [-0.4, -0.2) is 66.7 Å². The second kappa shape index (κ2) is 7.52. The van der Waals surface area contributed by atoms with E-state index in [4.69, 9.17) is 15.8 Å². The van der Waals surface area contributed by atoms with Gasteiger partial charge in [0, 0.05) is 44.8 Å². The zero-order valence-corrected chi connectivity index (χ0v) is 16.5. The zero-order chi connectivity index (χ0) is 21.4. The van der Waals surface area contributed by atoms with E-state index in [2.05, 4.69) is 29.7 Å². The van der Waals surface area contributed by atoms with Crippen molar-refractivity contribution in [3.63, 3.8) is 0 Å². The number of carbonyl (C=O) groups is 1. The third kappa shape index (κ3) is 3.45. The highest BCUT2D eigenvalue weighted by atomic mass is 16.4. The predicted molar refractivity (Wildman–Crippen MR) is 114 cm³/mol. The molecule has 1 aliphatic heterocycles. The van der Waals surface area contributed by atoms with Gasteiger partial charge in [0.25, 0.3) is 0 Å². The van der Waals surface area contributed by atoms with Crippen LogP contribution in [0.15, 0.2) is 49.2 Å². The standard InChI is InChI=1S/C20H19N9O2/c21-17-16-18(29(12-24-16)14-3-5-22-6-4-14)26-20(25-17)28-9-7-27(8-10-28)15-2-1-13(11-23-15)19(30)31/h1-6,11-12H,7-10H2,(H,30,31)(H2,21,25,26). The minimum Gasteiger partial charge on any atom is -0.478 e. The predicted octanol–water partition coefficient (Wildman–Crippen LogP) is 1.21. The summed E-state index contributed by atoms with van der Waals surface area (Å²) in [5.41, 5.74) is 8.44. The third-order valence-corrected chi connectivity index (χ3v) is 5.23. The number of anilines is 3. The normalized spacial score (nSPS) is 14.2. The molecule has 0 unspecified atom stereocenters. The Hall–Kier alpha value is -4.28. The number of fused-ring (bicyclic) bond motifs is 1. The lowest BCUT2D eigenvalue weighted by molar-refractivity contribution is 0.0696. The summed E-state index contributed by atoms with van der Waals surface area (Å²) in [5, 5.41) is 9.03. The maximum Gasteiger partial charge on any atom is 0.337 e. The van der Waals surface area contributed by atoms with Gasteiger partial charge in [-0.15, -0.1) is 0 Å². The van der Waals surface area contributed by atoms with E-state index in [1.54, 1.807) is 30.9 Å². The number of carboxylic acid groups (broad SMARTS) is 1. The number of hydrogen-bond donors (Lipinski definition) is 2. The minimum absolute atomic E-state index is 0.172. The van der Waals surface area contributed by atoms with Crippen LogP contribution >= 0.6 is 0 Å². The summed E-state index contributed by atoms with van der Waals surface area (Å²) < 4.78 is 1.86. The van der Waals surface area contributed by atoms with Crippen LogP contribution in [0.2, 0.25) is 0 Å². The molecule has 1 fully saturated rings. The van der Waals surface area contributed by atoms with Crippen molar-refractivity contribution in [2.75, 3.05) is 41.7 Å². The highest BCUT2D eigenvalue weighted by molar-refractivity contribution is 5.87. The summed E-state index contributed by atoms with van der Waals surface area (Å²) in [4.78, 5) is 37.1. The molecule has 4 aromatic heterocycles. The maximum atomic E-state index is 11.0. The highest BCUT2D eigenvalue weighted by Gasteiger charge is 2.22. The third-order valence-electron chi connectivity index (χ3n) is 5.23. The molecule has 1 aliphatic rings. The van der Waals surface area contributed by atoms with Crippen molar-refractivity contribution in [1.82, 2.24) is 29.5 Å². The summed E-state index contributed by atoms with van der Waals surface area (Å²) in [6.07, 6.45) is 6.48. The largest absolute Gasteiger partial charge is 0.478 e. The van der Waals surface area contributed by atoms with Gasteiger partial charge in [0.2, 0.25) is 5.95 Å². The number of piperazine rings is 1. The van der Waals surface area contributed by atoms with E-state index in [9.17, 15) is 4.79 Å². The molecule has 0 atom stereocenters. The lowest BCUT2D eigenvalue weighted by Crippen LogP contribution is -2.47. The Morgan fingerprint density at radius 3 is 2.39 bits per heavy atom. The van der Waals surface area contributed by atoms with E-state index < -0.39 is 5.97 Å². The van der Waals surface area contributed by atoms with Gasteiger partial charge < -0.3 is 20.6 Å². The molecule has 5 rings (SSSR count). The molecule has 11 heteroatoms. The Kier molecular flexibility index (Phi) is 4.54. The molecule has 0 radical (unpaired) electrons. The molecule has 3 N–H and O–H groups in total. The van der Waals surface area contributed by atoms with Crippen molar-refractivity contribution in [2.24, 2.45) is 0 Å².